The zero-order valence-corrected chi connectivity index (χ0v) is 17.0. The highest BCUT2D eigenvalue weighted by Gasteiger charge is 2.40. The van der Waals surface area contributed by atoms with Crippen LogP contribution in [0.15, 0.2) is 54.6 Å². The summed E-state index contributed by atoms with van der Waals surface area (Å²) in [5.74, 6) is 0.838. The van der Waals surface area contributed by atoms with Crippen LogP contribution in [0.3, 0.4) is 0 Å². The molecule has 146 valence electrons. The second kappa shape index (κ2) is 7.48. The van der Waals surface area contributed by atoms with Crippen molar-refractivity contribution in [2.24, 2.45) is 0 Å². The maximum Gasteiger partial charge on any atom is 0.122 e. The Balaban J connectivity index is 1.92. The number of unbranched alkanes of at least 4 members (excludes halogenated alkanes) is 2. The summed E-state index contributed by atoms with van der Waals surface area (Å²) in [6.45, 7) is 5.36. The molecular weight excluding hydrogens is 346 g/mol. The first kappa shape index (κ1) is 18.8. The van der Waals surface area contributed by atoms with Crippen LogP contribution in [0.1, 0.15) is 55.0 Å². The SMILES string of the molecule is CCCCCn1c(C)c([C@]2(O)CC=C(OC)c3ccccc32)c2ccccc21. The summed E-state index contributed by atoms with van der Waals surface area (Å²) >= 11 is 0. The largest absolute Gasteiger partial charge is 0.496 e. The topological polar surface area (TPSA) is 34.4 Å². The molecule has 3 heteroatoms. The molecule has 1 aromatic heterocycles. The molecular formula is C25H29NO2. The highest BCUT2D eigenvalue weighted by Crippen LogP contribution is 2.46. The maximum atomic E-state index is 12.1. The van der Waals surface area contributed by atoms with Gasteiger partial charge in [0.2, 0.25) is 0 Å². The molecule has 28 heavy (non-hydrogen) atoms. The summed E-state index contributed by atoms with van der Waals surface area (Å²) in [7, 11) is 1.69. The normalized spacial score (nSPS) is 18.8. The van der Waals surface area contributed by atoms with Crippen LogP contribution in [-0.4, -0.2) is 16.8 Å². The minimum absolute atomic E-state index is 0.511. The van der Waals surface area contributed by atoms with Crippen LogP contribution in [0.2, 0.25) is 0 Å². The van der Waals surface area contributed by atoms with E-state index in [9.17, 15) is 5.11 Å². The van der Waals surface area contributed by atoms with Crippen molar-refractivity contribution in [3.05, 3.63) is 77.0 Å². The third-order valence-electron chi connectivity index (χ3n) is 6.07. The standard InChI is InChI=1S/C25H29NO2/c1-4-5-10-17-26-18(2)24(20-12-7-9-14-22(20)26)25(27)16-15-23(28-3)19-11-6-8-13-21(19)25/h6-9,11-15,27H,4-5,10,16-17H2,1-3H3/t25-/m0/s1. The fourth-order valence-electron chi connectivity index (χ4n) is 4.71. The Hall–Kier alpha value is -2.52. The molecule has 0 saturated carbocycles. The number of ether oxygens (including phenoxy) is 1. The van der Waals surface area contributed by atoms with Crippen LogP contribution < -0.4 is 0 Å². The fraction of sp³-hybridized carbons (Fsp3) is 0.360. The number of para-hydroxylation sites is 1. The van der Waals surface area contributed by atoms with Gasteiger partial charge in [0, 0.05) is 40.7 Å². The van der Waals surface area contributed by atoms with E-state index in [1.807, 2.05) is 30.3 Å². The first-order valence-corrected chi connectivity index (χ1v) is 10.3. The third-order valence-corrected chi connectivity index (χ3v) is 6.07. The van der Waals surface area contributed by atoms with E-state index in [2.05, 4.69) is 42.7 Å². The van der Waals surface area contributed by atoms with E-state index in [1.165, 1.54) is 18.4 Å². The van der Waals surface area contributed by atoms with Gasteiger partial charge in [0.25, 0.3) is 0 Å². The Morgan fingerprint density at radius 2 is 1.82 bits per heavy atom. The average Bonchev–Trinajstić information content (AvgIpc) is 3.01. The van der Waals surface area contributed by atoms with Gasteiger partial charge in [-0.3, -0.25) is 0 Å². The van der Waals surface area contributed by atoms with E-state index in [0.29, 0.717) is 6.42 Å². The maximum absolute atomic E-state index is 12.1. The highest BCUT2D eigenvalue weighted by atomic mass is 16.5. The van der Waals surface area contributed by atoms with Crippen molar-refractivity contribution in [1.29, 1.82) is 0 Å². The van der Waals surface area contributed by atoms with Crippen molar-refractivity contribution in [3.8, 4) is 0 Å². The zero-order chi connectivity index (χ0) is 19.7. The number of benzene rings is 2. The molecule has 3 nitrogen and oxygen atoms in total. The summed E-state index contributed by atoms with van der Waals surface area (Å²) in [6, 6.07) is 16.5. The molecule has 1 heterocycles. The molecule has 0 bridgehead atoms. The molecule has 0 spiro atoms. The molecule has 2 aromatic carbocycles. The van der Waals surface area contributed by atoms with Gasteiger partial charge in [-0.1, -0.05) is 62.2 Å². The molecule has 3 aromatic rings. The first-order chi connectivity index (χ1) is 13.6. The summed E-state index contributed by atoms with van der Waals surface area (Å²) in [5, 5.41) is 13.2. The van der Waals surface area contributed by atoms with Gasteiger partial charge < -0.3 is 14.4 Å². The third kappa shape index (κ3) is 2.85. The van der Waals surface area contributed by atoms with Crippen LogP contribution >= 0.6 is 0 Å². The van der Waals surface area contributed by atoms with Crippen molar-refractivity contribution in [1.82, 2.24) is 4.57 Å². The first-order valence-electron chi connectivity index (χ1n) is 10.3. The van der Waals surface area contributed by atoms with Gasteiger partial charge in [0.15, 0.2) is 0 Å². The number of nitrogens with zero attached hydrogens (tertiary/aromatic N) is 1. The fourth-order valence-corrected chi connectivity index (χ4v) is 4.71. The van der Waals surface area contributed by atoms with Crippen LogP contribution in [-0.2, 0) is 16.9 Å². The van der Waals surface area contributed by atoms with Crippen LogP contribution in [0.4, 0.5) is 0 Å². The minimum Gasteiger partial charge on any atom is -0.496 e. The Bertz CT molecular complexity index is 1030. The van der Waals surface area contributed by atoms with E-state index >= 15 is 0 Å². The Labute approximate surface area is 167 Å². The van der Waals surface area contributed by atoms with Crippen LogP contribution in [0.5, 0.6) is 0 Å². The second-order valence-corrected chi connectivity index (χ2v) is 7.72. The Morgan fingerprint density at radius 3 is 2.61 bits per heavy atom. The molecule has 1 atom stereocenters. The monoisotopic (exact) mass is 375 g/mol. The summed E-state index contributed by atoms with van der Waals surface area (Å²) < 4.78 is 7.97. The predicted octanol–water partition coefficient (Wildman–Crippen LogP) is 5.77. The number of aromatic nitrogens is 1. The van der Waals surface area contributed by atoms with E-state index in [-0.39, 0.29) is 0 Å². The number of rotatable bonds is 6. The van der Waals surface area contributed by atoms with Crippen molar-refractivity contribution in [2.75, 3.05) is 7.11 Å². The zero-order valence-electron chi connectivity index (χ0n) is 17.0. The van der Waals surface area contributed by atoms with Gasteiger partial charge >= 0.3 is 0 Å². The molecule has 1 aliphatic rings. The van der Waals surface area contributed by atoms with Crippen molar-refractivity contribution < 1.29 is 9.84 Å². The Morgan fingerprint density at radius 1 is 1.07 bits per heavy atom. The molecule has 0 unspecified atom stereocenters. The van der Waals surface area contributed by atoms with Crippen molar-refractivity contribution in [3.63, 3.8) is 0 Å². The number of aliphatic hydroxyl groups is 1. The molecule has 4 rings (SSSR count). The molecule has 0 aliphatic heterocycles. The lowest BCUT2D eigenvalue weighted by Gasteiger charge is -2.34. The molecule has 1 N–H and O–H groups in total. The number of hydrogen-bond acceptors (Lipinski definition) is 2. The van der Waals surface area contributed by atoms with E-state index in [4.69, 9.17) is 4.74 Å². The van der Waals surface area contributed by atoms with E-state index < -0.39 is 5.60 Å². The van der Waals surface area contributed by atoms with Gasteiger partial charge in [-0.25, -0.2) is 0 Å². The van der Waals surface area contributed by atoms with Crippen LogP contribution in [0, 0.1) is 6.92 Å². The van der Waals surface area contributed by atoms with Crippen LogP contribution in [0.25, 0.3) is 16.7 Å². The average molecular weight is 376 g/mol. The smallest absolute Gasteiger partial charge is 0.122 e. The molecule has 0 amide bonds. The molecule has 1 aliphatic carbocycles. The number of methoxy groups -OCH3 is 1. The molecule has 0 saturated heterocycles. The quantitative estimate of drug-likeness (QED) is 0.555. The van der Waals surface area contributed by atoms with Gasteiger partial charge in [-0.15, -0.1) is 0 Å². The van der Waals surface area contributed by atoms with Gasteiger partial charge in [0.1, 0.15) is 11.4 Å². The number of aryl methyl sites for hydroxylation is 1. The van der Waals surface area contributed by atoms with Gasteiger partial charge in [-0.2, -0.15) is 0 Å². The lowest BCUT2D eigenvalue weighted by Crippen LogP contribution is -2.31. The van der Waals surface area contributed by atoms with Crippen molar-refractivity contribution in [2.45, 2.75) is 51.7 Å². The van der Waals surface area contributed by atoms with Gasteiger partial charge in [0.05, 0.1) is 7.11 Å². The second-order valence-electron chi connectivity index (χ2n) is 7.72. The summed E-state index contributed by atoms with van der Waals surface area (Å²) in [4.78, 5) is 0. The molecule has 0 fully saturated rings. The van der Waals surface area contributed by atoms with Crippen molar-refractivity contribution >= 4 is 16.7 Å². The van der Waals surface area contributed by atoms with E-state index in [1.54, 1.807) is 7.11 Å². The lowest BCUT2D eigenvalue weighted by atomic mass is 9.76. The Kier molecular flexibility index (Phi) is 5.03. The van der Waals surface area contributed by atoms with E-state index in [0.717, 1.165) is 46.5 Å². The van der Waals surface area contributed by atoms with Gasteiger partial charge in [-0.05, 0) is 31.1 Å². The summed E-state index contributed by atoms with van der Waals surface area (Å²) in [5.41, 5.74) is 4.23. The predicted molar refractivity (Wildman–Crippen MR) is 115 cm³/mol. The molecule has 0 radical (unpaired) electrons. The number of hydrogen-bond donors (Lipinski definition) is 1. The lowest BCUT2D eigenvalue weighted by molar-refractivity contribution is 0.0814. The highest BCUT2D eigenvalue weighted by molar-refractivity contribution is 5.88. The number of fused-ring (bicyclic) bond motifs is 2. The minimum atomic E-state index is -1.06. The summed E-state index contributed by atoms with van der Waals surface area (Å²) in [6.07, 6.45) is 6.10.